The van der Waals surface area contributed by atoms with E-state index in [1.807, 2.05) is 0 Å². The first-order valence-corrected chi connectivity index (χ1v) is 5.89. The summed E-state index contributed by atoms with van der Waals surface area (Å²) in [7, 11) is 0. The minimum absolute atomic E-state index is 0.230. The van der Waals surface area contributed by atoms with Crippen molar-refractivity contribution in [2.75, 3.05) is 13.2 Å². The second-order valence-corrected chi connectivity index (χ2v) is 4.17. The molecule has 5 N–H and O–H groups in total. The Morgan fingerprint density at radius 1 is 1.00 bits per heavy atom. The molecule has 0 radical (unpaired) electrons. The van der Waals surface area contributed by atoms with Gasteiger partial charge >= 0.3 is 0 Å². The van der Waals surface area contributed by atoms with Crippen LogP contribution in [0.2, 0.25) is 0 Å². The first kappa shape index (κ1) is 13.2. The Morgan fingerprint density at radius 2 is 1.62 bits per heavy atom. The zero-order valence-corrected chi connectivity index (χ0v) is 9.73. The van der Waals surface area contributed by atoms with E-state index in [1.54, 1.807) is 0 Å². The number of benzene rings is 1. The number of aliphatic hydroxyl groups is 1. The van der Waals surface area contributed by atoms with Gasteiger partial charge in [0.25, 0.3) is 0 Å². The summed E-state index contributed by atoms with van der Waals surface area (Å²) in [5.41, 5.74) is 13.7. The van der Waals surface area contributed by atoms with Gasteiger partial charge in [-0.05, 0) is 42.9 Å². The molecule has 0 heterocycles. The van der Waals surface area contributed by atoms with Crippen LogP contribution in [0.5, 0.6) is 0 Å². The van der Waals surface area contributed by atoms with Gasteiger partial charge in [0.15, 0.2) is 0 Å². The molecule has 0 amide bonds. The highest BCUT2D eigenvalue weighted by Crippen LogP contribution is 2.12. The van der Waals surface area contributed by atoms with Gasteiger partial charge in [0.05, 0.1) is 0 Å². The third-order valence-electron chi connectivity index (χ3n) is 2.97. The highest BCUT2D eigenvalue weighted by Gasteiger charge is 2.06. The summed E-state index contributed by atoms with van der Waals surface area (Å²) in [4.78, 5) is 0. The molecule has 90 valence electrons. The van der Waals surface area contributed by atoms with Crippen LogP contribution in [0.1, 0.15) is 24.0 Å². The minimum Gasteiger partial charge on any atom is -0.396 e. The number of aryl methyl sites for hydroxylation is 1. The second-order valence-electron chi connectivity index (χ2n) is 4.17. The largest absolute Gasteiger partial charge is 0.396 e. The fourth-order valence-corrected chi connectivity index (χ4v) is 1.78. The summed E-state index contributed by atoms with van der Waals surface area (Å²) < 4.78 is 0. The van der Waals surface area contributed by atoms with Gasteiger partial charge in [-0.15, -0.1) is 0 Å². The molecule has 1 atom stereocenters. The lowest BCUT2D eigenvalue weighted by Gasteiger charge is -2.12. The van der Waals surface area contributed by atoms with Crippen LogP contribution in [0.4, 0.5) is 0 Å². The van der Waals surface area contributed by atoms with Gasteiger partial charge in [-0.2, -0.15) is 0 Å². The first-order chi connectivity index (χ1) is 7.80. The molecule has 3 heteroatoms. The van der Waals surface area contributed by atoms with Crippen molar-refractivity contribution in [3.8, 4) is 0 Å². The topological polar surface area (TPSA) is 72.3 Å². The van der Waals surface area contributed by atoms with E-state index >= 15 is 0 Å². The van der Waals surface area contributed by atoms with E-state index in [-0.39, 0.29) is 6.61 Å². The van der Waals surface area contributed by atoms with Gasteiger partial charge < -0.3 is 16.6 Å². The van der Waals surface area contributed by atoms with Gasteiger partial charge in [0.1, 0.15) is 0 Å². The Morgan fingerprint density at radius 3 is 2.12 bits per heavy atom. The number of rotatable bonds is 7. The summed E-state index contributed by atoms with van der Waals surface area (Å²) in [5, 5.41) is 8.86. The van der Waals surface area contributed by atoms with Crippen LogP contribution in [-0.2, 0) is 13.0 Å². The van der Waals surface area contributed by atoms with E-state index < -0.39 is 0 Å². The van der Waals surface area contributed by atoms with Crippen molar-refractivity contribution in [1.82, 2.24) is 0 Å². The molecule has 1 unspecified atom stereocenters. The number of nitrogens with two attached hydrogens (primary N) is 2. The van der Waals surface area contributed by atoms with Gasteiger partial charge in [0.2, 0.25) is 0 Å². The van der Waals surface area contributed by atoms with E-state index in [2.05, 4.69) is 24.3 Å². The van der Waals surface area contributed by atoms with E-state index in [9.17, 15) is 0 Å². The molecule has 1 aromatic rings. The summed E-state index contributed by atoms with van der Waals surface area (Å²) in [5.74, 6) is 0.430. The Bertz CT molecular complexity index is 284. The van der Waals surface area contributed by atoms with Crippen molar-refractivity contribution < 1.29 is 5.11 Å². The zero-order chi connectivity index (χ0) is 11.8. The van der Waals surface area contributed by atoms with Gasteiger partial charge in [-0.3, -0.25) is 0 Å². The predicted octanol–water partition coefficient (Wildman–Crippen LogP) is 1.04. The molecular weight excluding hydrogens is 200 g/mol. The van der Waals surface area contributed by atoms with Gasteiger partial charge in [0, 0.05) is 13.2 Å². The Balaban J connectivity index is 2.40. The summed E-state index contributed by atoms with van der Waals surface area (Å²) in [6.07, 6.45) is 2.86. The quantitative estimate of drug-likeness (QED) is 0.645. The monoisotopic (exact) mass is 222 g/mol. The molecule has 0 spiro atoms. The van der Waals surface area contributed by atoms with Crippen molar-refractivity contribution in [3.63, 3.8) is 0 Å². The Kier molecular flexibility index (Phi) is 6.08. The SMILES string of the molecule is NCc1ccc(CCC(CN)CCO)cc1. The van der Waals surface area contributed by atoms with Crippen LogP contribution in [0.3, 0.4) is 0 Å². The Labute approximate surface area is 97.5 Å². The fourth-order valence-electron chi connectivity index (χ4n) is 1.78. The molecule has 16 heavy (non-hydrogen) atoms. The molecule has 0 bridgehead atoms. The molecule has 3 nitrogen and oxygen atoms in total. The summed E-state index contributed by atoms with van der Waals surface area (Å²) >= 11 is 0. The van der Waals surface area contributed by atoms with Crippen LogP contribution in [0.15, 0.2) is 24.3 Å². The molecule has 0 aliphatic rings. The first-order valence-electron chi connectivity index (χ1n) is 5.89. The van der Waals surface area contributed by atoms with E-state index in [4.69, 9.17) is 16.6 Å². The molecule has 0 saturated carbocycles. The van der Waals surface area contributed by atoms with E-state index in [1.165, 1.54) is 5.56 Å². The van der Waals surface area contributed by atoms with Crippen molar-refractivity contribution >= 4 is 0 Å². The van der Waals surface area contributed by atoms with Crippen LogP contribution in [0.25, 0.3) is 0 Å². The van der Waals surface area contributed by atoms with Gasteiger partial charge in [-0.1, -0.05) is 24.3 Å². The van der Waals surface area contributed by atoms with Crippen molar-refractivity contribution in [1.29, 1.82) is 0 Å². The minimum atomic E-state index is 0.230. The lowest BCUT2D eigenvalue weighted by Crippen LogP contribution is -2.16. The maximum absolute atomic E-state index is 8.86. The third kappa shape index (κ3) is 4.31. The number of hydrogen-bond donors (Lipinski definition) is 3. The Hall–Kier alpha value is -0.900. The molecule has 0 fully saturated rings. The molecule has 1 aromatic carbocycles. The highest BCUT2D eigenvalue weighted by molar-refractivity contribution is 5.22. The standard InChI is InChI=1S/C13H22N2O/c14-9-12-4-1-11(2-5-12)3-6-13(10-15)7-8-16/h1-2,4-5,13,16H,3,6-10,14-15H2. The normalized spacial score (nSPS) is 12.7. The third-order valence-corrected chi connectivity index (χ3v) is 2.97. The summed E-state index contributed by atoms with van der Waals surface area (Å²) in [6, 6.07) is 8.38. The molecular formula is C13H22N2O. The molecule has 0 aliphatic heterocycles. The fraction of sp³-hybridized carbons (Fsp3) is 0.538. The lowest BCUT2D eigenvalue weighted by molar-refractivity contribution is 0.254. The highest BCUT2D eigenvalue weighted by atomic mass is 16.3. The van der Waals surface area contributed by atoms with Crippen molar-refractivity contribution in [3.05, 3.63) is 35.4 Å². The average Bonchev–Trinajstić information content (AvgIpc) is 2.35. The summed E-state index contributed by atoms with van der Waals surface area (Å²) in [6.45, 7) is 1.48. The van der Waals surface area contributed by atoms with Crippen LogP contribution in [0, 0.1) is 5.92 Å². The maximum Gasteiger partial charge on any atom is 0.0434 e. The number of hydrogen-bond acceptors (Lipinski definition) is 3. The predicted molar refractivity (Wildman–Crippen MR) is 66.9 cm³/mol. The molecule has 1 rings (SSSR count). The lowest BCUT2D eigenvalue weighted by atomic mass is 9.96. The molecule has 0 aromatic heterocycles. The van der Waals surface area contributed by atoms with E-state index in [0.29, 0.717) is 19.0 Å². The average molecular weight is 222 g/mol. The smallest absolute Gasteiger partial charge is 0.0434 e. The molecule has 0 aliphatic carbocycles. The van der Waals surface area contributed by atoms with Gasteiger partial charge in [-0.25, -0.2) is 0 Å². The van der Waals surface area contributed by atoms with Crippen LogP contribution < -0.4 is 11.5 Å². The number of aliphatic hydroxyl groups excluding tert-OH is 1. The second kappa shape index (κ2) is 7.39. The van der Waals surface area contributed by atoms with Crippen LogP contribution >= 0.6 is 0 Å². The zero-order valence-electron chi connectivity index (χ0n) is 9.73. The van der Waals surface area contributed by atoms with Crippen molar-refractivity contribution in [2.24, 2.45) is 17.4 Å². The maximum atomic E-state index is 8.86. The van der Waals surface area contributed by atoms with Crippen LogP contribution in [-0.4, -0.2) is 18.3 Å². The van der Waals surface area contributed by atoms with E-state index in [0.717, 1.165) is 24.8 Å². The molecule has 0 saturated heterocycles. The van der Waals surface area contributed by atoms with Crippen molar-refractivity contribution in [2.45, 2.75) is 25.8 Å².